The van der Waals surface area contributed by atoms with Gasteiger partial charge in [0.05, 0.1) is 19.3 Å². The maximum atomic E-state index is 12.0. The van der Waals surface area contributed by atoms with Crippen LogP contribution in [0.1, 0.15) is 16.2 Å². The van der Waals surface area contributed by atoms with E-state index in [0.29, 0.717) is 17.1 Å². The van der Waals surface area contributed by atoms with E-state index in [4.69, 9.17) is 4.74 Å². The molecule has 0 unspecified atom stereocenters. The fraction of sp³-hybridized carbons (Fsp3) is 0.267. The molecule has 0 fully saturated rings. The molecule has 0 aliphatic rings. The van der Waals surface area contributed by atoms with E-state index in [9.17, 15) is 9.59 Å². The third-order valence-electron chi connectivity index (χ3n) is 3.00. The van der Waals surface area contributed by atoms with E-state index in [1.807, 2.05) is 0 Å². The number of nitrogens with zero attached hydrogens (tertiary/aromatic N) is 2. The number of ether oxygens (including phenoxy) is 1. The first kappa shape index (κ1) is 15.6. The summed E-state index contributed by atoms with van der Waals surface area (Å²) in [7, 11) is 3.23. The quantitative estimate of drug-likeness (QED) is 0.866. The second kappa shape index (κ2) is 6.75. The van der Waals surface area contributed by atoms with Crippen molar-refractivity contribution in [1.29, 1.82) is 0 Å². The zero-order valence-electron chi connectivity index (χ0n) is 12.7. The lowest BCUT2D eigenvalue weighted by atomic mass is 10.3. The number of carbonyl (C=O) groups excluding carboxylic acids is 2. The van der Waals surface area contributed by atoms with Gasteiger partial charge in [0.2, 0.25) is 5.91 Å². The standard InChI is InChI=1S/C15H18N4O3/c1-10-7-13(19(2)18-10)15(21)16-9-14(20)17-11-5-4-6-12(8-11)22-3/h4-8H,9H2,1-3H3,(H,16,21)(H,17,20). The van der Waals surface area contributed by atoms with Gasteiger partial charge in [0.25, 0.3) is 5.91 Å². The number of hydrogen-bond acceptors (Lipinski definition) is 4. The molecule has 7 heteroatoms. The molecule has 2 rings (SSSR count). The molecule has 0 aliphatic heterocycles. The smallest absolute Gasteiger partial charge is 0.269 e. The molecule has 0 aliphatic carbocycles. The van der Waals surface area contributed by atoms with Crippen molar-refractivity contribution in [2.75, 3.05) is 19.0 Å². The second-order valence-electron chi connectivity index (χ2n) is 4.76. The molecule has 0 saturated heterocycles. The summed E-state index contributed by atoms with van der Waals surface area (Å²) >= 11 is 0. The molecular formula is C15H18N4O3. The summed E-state index contributed by atoms with van der Waals surface area (Å²) in [5.74, 6) is -0.0171. The van der Waals surface area contributed by atoms with E-state index in [2.05, 4.69) is 15.7 Å². The van der Waals surface area contributed by atoms with Crippen LogP contribution in [0.15, 0.2) is 30.3 Å². The van der Waals surface area contributed by atoms with Crippen molar-refractivity contribution in [3.8, 4) is 5.75 Å². The van der Waals surface area contributed by atoms with Crippen LogP contribution in [0.2, 0.25) is 0 Å². The number of aromatic nitrogens is 2. The van der Waals surface area contributed by atoms with Gasteiger partial charge in [0.15, 0.2) is 0 Å². The Bertz CT molecular complexity index is 694. The number of hydrogen-bond donors (Lipinski definition) is 2. The lowest BCUT2D eigenvalue weighted by molar-refractivity contribution is -0.115. The number of benzene rings is 1. The minimum absolute atomic E-state index is 0.125. The van der Waals surface area contributed by atoms with Crippen LogP contribution in [0.5, 0.6) is 5.75 Å². The monoisotopic (exact) mass is 302 g/mol. The van der Waals surface area contributed by atoms with Gasteiger partial charge in [-0.2, -0.15) is 5.10 Å². The Balaban J connectivity index is 1.90. The highest BCUT2D eigenvalue weighted by Crippen LogP contribution is 2.16. The zero-order valence-corrected chi connectivity index (χ0v) is 12.7. The molecule has 7 nitrogen and oxygen atoms in total. The Labute approximate surface area is 128 Å². The van der Waals surface area contributed by atoms with E-state index >= 15 is 0 Å². The van der Waals surface area contributed by atoms with Crippen molar-refractivity contribution in [2.45, 2.75) is 6.92 Å². The molecule has 0 spiro atoms. The van der Waals surface area contributed by atoms with Crippen molar-refractivity contribution in [2.24, 2.45) is 7.05 Å². The molecule has 22 heavy (non-hydrogen) atoms. The number of anilines is 1. The Morgan fingerprint density at radius 3 is 2.73 bits per heavy atom. The van der Waals surface area contributed by atoms with Gasteiger partial charge < -0.3 is 15.4 Å². The van der Waals surface area contributed by atoms with Crippen molar-refractivity contribution < 1.29 is 14.3 Å². The Morgan fingerprint density at radius 1 is 1.32 bits per heavy atom. The molecule has 116 valence electrons. The third kappa shape index (κ3) is 3.85. The van der Waals surface area contributed by atoms with E-state index in [0.717, 1.165) is 5.69 Å². The van der Waals surface area contributed by atoms with Crippen LogP contribution < -0.4 is 15.4 Å². The number of aryl methyl sites for hydroxylation is 2. The summed E-state index contributed by atoms with van der Waals surface area (Å²) in [6, 6.07) is 8.65. The Kier molecular flexibility index (Phi) is 4.77. The van der Waals surface area contributed by atoms with Crippen molar-refractivity contribution in [3.63, 3.8) is 0 Å². The van der Waals surface area contributed by atoms with Gasteiger partial charge in [-0.25, -0.2) is 0 Å². The van der Waals surface area contributed by atoms with Crippen LogP contribution in [0.4, 0.5) is 5.69 Å². The Hall–Kier alpha value is -2.83. The molecular weight excluding hydrogens is 284 g/mol. The molecule has 2 aromatic rings. The maximum Gasteiger partial charge on any atom is 0.269 e. The normalized spacial score (nSPS) is 10.1. The molecule has 1 aromatic heterocycles. The second-order valence-corrected chi connectivity index (χ2v) is 4.76. The Morgan fingerprint density at radius 2 is 2.09 bits per heavy atom. The predicted molar refractivity (Wildman–Crippen MR) is 81.9 cm³/mol. The SMILES string of the molecule is COc1cccc(NC(=O)CNC(=O)c2cc(C)nn2C)c1. The van der Waals surface area contributed by atoms with Gasteiger partial charge in [0, 0.05) is 18.8 Å². The van der Waals surface area contributed by atoms with Gasteiger partial charge in [-0.15, -0.1) is 0 Å². The van der Waals surface area contributed by atoms with E-state index < -0.39 is 0 Å². The summed E-state index contributed by atoms with van der Waals surface area (Å²) in [6.07, 6.45) is 0. The van der Waals surface area contributed by atoms with Crippen molar-refractivity contribution in [3.05, 3.63) is 41.7 Å². The summed E-state index contributed by atoms with van der Waals surface area (Å²) in [5.41, 5.74) is 1.76. The maximum absolute atomic E-state index is 12.0. The summed E-state index contributed by atoms with van der Waals surface area (Å²) in [4.78, 5) is 23.8. The van der Waals surface area contributed by atoms with Crippen LogP contribution >= 0.6 is 0 Å². The lowest BCUT2D eigenvalue weighted by Crippen LogP contribution is -2.33. The fourth-order valence-corrected chi connectivity index (χ4v) is 1.98. The molecule has 0 radical (unpaired) electrons. The van der Waals surface area contributed by atoms with Gasteiger partial charge in [-0.1, -0.05) is 6.07 Å². The van der Waals surface area contributed by atoms with E-state index in [1.54, 1.807) is 51.4 Å². The molecule has 2 N–H and O–H groups in total. The highest BCUT2D eigenvalue weighted by Gasteiger charge is 2.13. The highest BCUT2D eigenvalue weighted by atomic mass is 16.5. The topological polar surface area (TPSA) is 85.2 Å². The lowest BCUT2D eigenvalue weighted by Gasteiger charge is -2.08. The van der Waals surface area contributed by atoms with Gasteiger partial charge in [0.1, 0.15) is 11.4 Å². The molecule has 1 heterocycles. The molecule has 2 amide bonds. The molecule has 0 bridgehead atoms. The first-order valence-corrected chi connectivity index (χ1v) is 6.72. The average Bonchev–Trinajstić information content (AvgIpc) is 2.83. The number of carbonyl (C=O) groups is 2. The summed E-state index contributed by atoms with van der Waals surface area (Å²) < 4.78 is 6.55. The highest BCUT2D eigenvalue weighted by molar-refractivity contribution is 5.98. The van der Waals surface area contributed by atoms with Crippen LogP contribution in [0, 0.1) is 6.92 Å². The zero-order chi connectivity index (χ0) is 16.1. The van der Waals surface area contributed by atoms with Gasteiger partial charge in [-0.05, 0) is 25.1 Å². The number of rotatable bonds is 5. The number of methoxy groups -OCH3 is 1. The van der Waals surface area contributed by atoms with Crippen molar-refractivity contribution >= 4 is 17.5 Å². The van der Waals surface area contributed by atoms with Crippen LogP contribution in [0.3, 0.4) is 0 Å². The first-order valence-electron chi connectivity index (χ1n) is 6.72. The average molecular weight is 302 g/mol. The van der Waals surface area contributed by atoms with Crippen molar-refractivity contribution in [1.82, 2.24) is 15.1 Å². The van der Waals surface area contributed by atoms with Gasteiger partial charge in [-0.3, -0.25) is 14.3 Å². The minimum atomic E-state index is -0.344. The largest absolute Gasteiger partial charge is 0.497 e. The summed E-state index contributed by atoms with van der Waals surface area (Å²) in [6.45, 7) is 1.67. The van der Waals surface area contributed by atoms with Crippen LogP contribution in [-0.4, -0.2) is 35.2 Å². The van der Waals surface area contributed by atoms with Crippen LogP contribution in [-0.2, 0) is 11.8 Å². The van der Waals surface area contributed by atoms with Crippen LogP contribution in [0.25, 0.3) is 0 Å². The fourth-order valence-electron chi connectivity index (χ4n) is 1.98. The summed E-state index contributed by atoms with van der Waals surface area (Å²) in [5, 5.41) is 9.33. The first-order chi connectivity index (χ1) is 10.5. The molecule has 1 aromatic carbocycles. The van der Waals surface area contributed by atoms with Gasteiger partial charge >= 0.3 is 0 Å². The predicted octanol–water partition coefficient (Wildman–Crippen LogP) is 1.11. The minimum Gasteiger partial charge on any atom is -0.497 e. The van der Waals surface area contributed by atoms with E-state index in [-0.39, 0.29) is 18.4 Å². The third-order valence-corrected chi connectivity index (χ3v) is 3.00. The van der Waals surface area contributed by atoms with E-state index in [1.165, 1.54) is 4.68 Å². The molecule has 0 saturated carbocycles. The molecule has 0 atom stereocenters. The number of amides is 2. The number of nitrogens with one attached hydrogen (secondary N) is 2.